The molecule has 0 aliphatic heterocycles. The molecule has 1 rings (SSSR count). The zero-order valence-corrected chi connectivity index (χ0v) is 9.64. The zero-order chi connectivity index (χ0) is 12.3. The van der Waals surface area contributed by atoms with Crippen molar-refractivity contribution in [2.45, 2.75) is 36.4 Å². The van der Waals surface area contributed by atoms with Crippen molar-refractivity contribution in [1.82, 2.24) is 4.98 Å². The van der Waals surface area contributed by atoms with E-state index < -0.39 is 18.0 Å². The summed E-state index contributed by atoms with van der Waals surface area (Å²) in [5.41, 5.74) is -0.907. The Morgan fingerprint density at radius 1 is 1.31 bits per heavy atom. The number of nitrogens with zero attached hydrogens (tertiary/aromatic N) is 1. The molecule has 16 heavy (non-hydrogen) atoms. The summed E-state index contributed by atoms with van der Waals surface area (Å²) in [6, 6.07) is 3.74. The molecule has 90 valence electrons. The third-order valence-electron chi connectivity index (χ3n) is 2.00. The van der Waals surface area contributed by atoms with E-state index in [1.807, 2.05) is 0 Å². The van der Waals surface area contributed by atoms with Gasteiger partial charge in [0.2, 0.25) is 0 Å². The Labute approximate surface area is 95.9 Å². The largest absolute Gasteiger partial charge is 0.433 e. The van der Waals surface area contributed by atoms with Gasteiger partial charge in [-0.2, -0.15) is 13.2 Å². The van der Waals surface area contributed by atoms with Crippen molar-refractivity contribution in [1.29, 1.82) is 0 Å². The Bertz CT molecular complexity index is 354. The first kappa shape index (κ1) is 13.3. The summed E-state index contributed by atoms with van der Waals surface area (Å²) in [5, 5.41) is 9.31. The Hall–Kier alpha value is -0.750. The van der Waals surface area contributed by atoms with Crippen molar-refractivity contribution in [2.24, 2.45) is 0 Å². The van der Waals surface area contributed by atoms with Crippen molar-refractivity contribution in [2.75, 3.05) is 0 Å². The van der Waals surface area contributed by atoms with E-state index in [9.17, 15) is 18.3 Å². The summed E-state index contributed by atoms with van der Waals surface area (Å²) in [6.45, 7) is 3.32. The zero-order valence-electron chi connectivity index (χ0n) is 8.82. The molecule has 0 aliphatic rings. The molecule has 0 amide bonds. The van der Waals surface area contributed by atoms with Gasteiger partial charge < -0.3 is 5.11 Å². The van der Waals surface area contributed by atoms with Crippen LogP contribution < -0.4 is 0 Å². The molecular weight excluding hydrogens is 239 g/mol. The van der Waals surface area contributed by atoms with Gasteiger partial charge in [-0.05, 0) is 19.1 Å². The average molecular weight is 251 g/mol. The maximum absolute atomic E-state index is 12.3. The minimum atomic E-state index is -4.43. The van der Waals surface area contributed by atoms with Crippen LogP contribution in [0.3, 0.4) is 0 Å². The summed E-state index contributed by atoms with van der Waals surface area (Å²) in [5.74, 6) is 0. The van der Waals surface area contributed by atoms with E-state index >= 15 is 0 Å². The summed E-state index contributed by atoms with van der Waals surface area (Å²) in [7, 11) is 0. The minimum absolute atomic E-state index is 0.198. The number of hydrogen-bond donors (Lipinski definition) is 1. The lowest BCUT2D eigenvalue weighted by atomic mass is 10.3. The van der Waals surface area contributed by atoms with Gasteiger partial charge in [0, 0.05) is 5.25 Å². The average Bonchev–Trinajstić information content (AvgIpc) is 2.16. The highest BCUT2D eigenvalue weighted by atomic mass is 32.2. The summed E-state index contributed by atoms with van der Waals surface area (Å²) in [4.78, 5) is 3.49. The maximum atomic E-state index is 12.3. The lowest BCUT2D eigenvalue weighted by Crippen LogP contribution is -2.15. The molecule has 0 bridgehead atoms. The van der Waals surface area contributed by atoms with E-state index in [1.54, 1.807) is 13.8 Å². The monoisotopic (exact) mass is 251 g/mol. The number of alkyl halides is 3. The van der Waals surface area contributed by atoms with E-state index in [0.29, 0.717) is 0 Å². The number of halogens is 3. The standard InChI is InChI=1S/C10H12F3NOS/c1-6(15)7(2)16-9-5-3-4-8(14-9)10(11,12)13/h3-7,15H,1-2H3. The van der Waals surface area contributed by atoms with Gasteiger partial charge in [-0.1, -0.05) is 13.0 Å². The number of rotatable bonds is 3. The topological polar surface area (TPSA) is 33.1 Å². The summed E-state index contributed by atoms with van der Waals surface area (Å²) in [6.07, 6.45) is -5.02. The number of hydrogen-bond acceptors (Lipinski definition) is 3. The third-order valence-corrected chi connectivity index (χ3v) is 3.23. The third kappa shape index (κ3) is 3.68. The van der Waals surface area contributed by atoms with Crippen LogP contribution in [0.4, 0.5) is 13.2 Å². The molecule has 1 aromatic rings. The van der Waals surface area contributed by atoms with Gasteiger partial charge in [-0.25, -0.2) is 4.98 Å². The van der Waals surface area contributed by atoms with Gasteiger partial charge in [0.05, 0.1) is 11.1 Å². The highest BCUT2D eigenvalue weighted by Gasteiger charge is 2.32. The Morgan fingerprint density at radius 3 is 2.44 bits per heavy atom. The molecule has 1 N–H and O–H groups in total. The van der Waals surface area contributed by atoms with E-state index in [-0.39, 0.29) is 10.3 Å². The van der Waals surface area contributed by atoms with Crippen molar-refractivity contribution in [3.63, 3.8) is 0 Å². The van der Waals surface area contributed by atoms with Crippen LogP contribution in [0.15, 0.2) is 23.2 Å². The van der Waals surface area contributed by atoms with E-state index in [4.69, 9.17) is 0 Å². The molecule has 6 heteroatoms. The number of pyridine rings is 1. The fraction of sp³-hybridized carbons (Fsp3) is 0.500. The van der Waals surface area contributed by atoms with Gasteiger partial charge in [-0.15, -0.1) is 11.8 Å². The first-order valence-electron chi connectivity index (χ1n) is 4.69. The summed E-state index contributed by atoms with van der Waals surface area (Å²) < 4.78 is 37.0. The fourth-order valence-electron chi connectivity index (χ4n) is 0.927. The molecular formula is C10H12F3NOS. The van der Waals surface area contributed by atoms with Crippen LogP contribution in [0.25, 0.3) is 0 Å². The van der Waals surface area contributed by atoms with Crippen LogP contribution >= 0.6 is 11.8 Å². The Morgan fingerprint density at radius 2 is 1.94 bits per heavy atom. The fourth-order valence-corrected chi connectivity index (χ4v) is 1.81. The summed E-state index contributed by atoms with van der Waals surface area (Å²) >= 11 is 1.12. The van der Waals surface area contributed by atoms with Crippen LogP contribution in [0.1, 0.15) is 19.5 Å². The molecule has 2 atom stereocenters. The second kappa shape index (κ2) is 5.05. The molecule has 0 aliphatic carbocycles. The van der Waals surface area contributed by atoms with E-state index in [0.717, 1.165) is 17.8 Å². The second-order valence-electron chi connectivity index (χ2n) is 3.42. The van der Waals surface area contributed by atoms with Crippen molar-refractivity contribution >= 4 is 11.8 Å². The van der Waals surface area contributed by atoms with Crippen LogP contribution in [0, 0.1) is 0 Å². The molecule has 2 unspecified atom stereocenters. The van der Waals surface area contributed by atoms with Crippen molar-refractivity contribution in [3.05, 3.63) is 23.9 Å². The first-order valence-corrected chi connectivity index (χ1v) is 5.57. The lowest BCUT2D eigenvalue weighted by Gasteiger charge is -2.14. The molecule has 0 saturated heterocycles. The van der Waals surface area contributed by atoms with Gasteiger partial charge >= 0.3 is 6.18 Å². The second-order valence-corrected chi connectivity index (χ2v) is 4.82. The van der Waals surface area contributed by atoms with E-state index in [2.05, 4.69) is 4.98 Å². The molecule has 0 fully saturated rings. The molecule has 0 spiro atoms. The van der Waals surface area contributed by atoms with Crippen LogP contribution in [-0.2, 0) is 6.18 Å². The molecule has 1 heterocycles. The van der Waals surface area contributed by atoms with E-state index in [1.165, 1.54) is 12.1 Å². The van der Waals surface area contributed by atoms with Gasteiger partial charge in [0.25, 0.3) is 0 Å². The molecule has 0 radical (unpaired) electrons. The van der Waals surface area contributed by atoms with Gasteiger partial charge in [-0.3, -0.25) is 0 Å². The highest BCUT2D eigenvalue weighted by Crippen LogP contribution is 2.30. The molecule has 0 saturated carbocycles. The smallest absolute Gasteiger partial charge is 0.392 e. The SMILES string of the molecule is CC(O)C(C)Sc1cccc(C(F)(F)F)n1. The van der Waals surface area contributed by atoms with Gasteiger partial charge in [0.15, 0.2) is 0 Å². The quantitative estimate of drug-likeness (QED) is 0.838. The molecule has 2 nitrogen and oxygen atoms in total. The normalized spacial score (nSPS) is 15.9. The molecule has 1 aromatic heterocycles. The Balaban J connectivity index is 2.83. The predicted octanol–water partition coefficient (Wildman–Crippen LogP) is 2.96. The van der Waals surface area contributed by atoms with Crippen LogP contribution in [0.5, 0.6) is 0 Å². The van der Waals surface area contributed by atoms with Gasteiger partial charge in [0.1, 0.15) is 5.69 Å². The lowest BCUT2D eigenvalue weighted by molar-refractivity contribution is -0.141. The first-order chi connectivity index (χ1) is 7.30. The van der Waals surface area contributed by atoms with Crippen molar-refractivity contribution < 1.29 is 18.3 Å². The number of aliphatic hydroxyl groups is 1. The van der Waals surface area contributed by atoms with Crippen LogP contribution in [-0.4, -0.2) is 21.4 Å². The number of aromatic nitrogens is 1. The highest BCUT2D eigenvalue weighted by molar-refractivity contribution is 7.99. The minimum Gasteiger partial charge on any atom is -0.392 e. The van der Waals surface area contributed by atoms with Crippen molar-refractivity contribution in [3.8, 4) is 0 Å². The number of thioether (sulfide) groups is 1. The van der Waals surface area contributed by atoms with Crippen LogP contribution in [0.2, 0.25) is 0 Å². The number of aliphatic hydroxyl groups excluding tert-OH is 1. The predicted molar refractivity (Wildman–Crippen MR) is 56.2 cm³/mol. The Kier molecular flexibility index (Phi) is 4.21. The maximum Gasteiger partial charge on any atom is 0.433 e. The molecule has 0 aromatic carbocycles.